The topological polar surface area (TPSA) is 39.8 Å². The lowest BCUT2D eigenvalue weighted by molar-refractivity contribution is 0.132. The summed E-state index contributed by atoms with van der Waals surface area (Å²) in [5.74, 6) is 0.862. The van der Waals surface area contributed by atoms with Gasteiger partial charge in [-0.1, -0.05) is 5.59 Å². The van der Waals surface area contributed by atoms with Gasteiger partial charge in [-0.05, 0) is 31.2 Å². The summed E-state index contributed by atoms with van der Waals surface area (Å²) in [5, 5.41) is 5.23. The Morgan fingerprint density at radius 2 is 1.72 bits per heavy atom. The van der Waals surface area contributed by atoms with Gasteiger partial charge in [0.2, 0.25) is 0 Å². The molecule has 0 amide bonds. The van der Waals surface area contributed by atoms with Gasteiger partial charge >= 0.3 is 0 Å². The minimum Gasteiger partial charge on any atom is -0.392 e. The van der Waals surface area contributed by atoms with Crippen molar-refractivity contribution in [3.8, 4) is 0 Å². The van der Waals surface area contributed by atoms with Crippen molar-refractivity contribution in [3.05, 3.63) is 36.2 Å². The number of nitrogens with zero attached hydrogens (tertiary/aromatic N) is 2. The molecule has 5 nitrogen and oxygen atoms in total. The molecule has 2 aliphatic heterocycles. The van der Waals surface area contributed by atoms with Gasteiger partial charge in [-0.15, -0.1) is 0 Å². The molecule has 3 rings (SSSR count). The second-order valence-corrected chi connectivity index (χ2v) is 4.56. The van der Waals surface area contributed by atoms with E-state index in [1.165, 1.54) is 5.69 Å². The maximum atomic E-state index is 5.18. The molecule has 0 saturated carbocycles. The monoisotopic (exact) mass is 246 g/mol. The highest BCUT2D eigenvalue weighted by molar-refractivity contribution is 5.57. The van der Waals surface area contributed by atoms with Gasteiger partial charge in [0.15, 0.2) is 0 Å². The second-order valence-electron chi connectivity index (χ2n) is 4.56. The minimum absolute atomic E-state index is 0.862. The third-order valence-corrected chi connectivity index (χ3v) is 3.23. The third-order valence-electron chi connectivity index (χ3n) is 3.23. The Morgan fingerprint density at radius 1 is 1.06 bits per heavy atom. The molecule has 0 atom stereocenters. The normalized spacial score (nSPS) is 19.7. The van der Waals surface area contributed by atoms with Crippen LogP contribution < -0.4 is 20.8 Å². The number of benzene rings is 1. The summed E-state index contributed by atoms with van der Waals surface area (Å²) in [4.78, 5) is 7.58. The molecule has 1 aromatic rings. The molecule has 0 spiro atoms. The third kappa shape index (κ3) is 2.27. The Hall–Kier alpha value is -1.72. The largest absolute Gasteiger partial charge is 0.392 e. The van der Waals surface area contributed by atoms with Crippen LogP contribution in [-0.2, 0) is 4.84 Å². The maximum absolute atomic E-state index is 5.18. The molecule has 0 aliphatic carbocycles. The highest BCUT2D eigenvalue weighted by Gasteiger charge is 2.13. The van der Waals surface area contributed by atoms with Crippen LogP contribution in [0.4, 0.5) is 11.4 Å². The number of rotatable bonds is 2. The average Bonchev–Trinajstić information content (AvgIpc) is 2.87. The summed E-state index contributed by atoms with van der Waals surface area (Å²) < 4.78 is 0. The molecule has 2 N–H and O–H groups in total. The van der Waals surface area contributed by atoms with Crippen molar-refractivity contribution in [3.63, 3.8) is 0 Å². The zero-order chi connectivity index (χ0) is 12.4. The van der Waals surface area contributed by atoms with E-state index >= 15 is 0 Å². The molecule has 2 aliphatic rings. The fourth-order valence-corrected chi connectivity index (χ4v) is 2.23. The van der Waals surface area contributed by atoms with E-state index in [0.29, 0.717) is 0 Å². The number of allylic oxidation sites excluding steroid dienone is 1. The van der Waals surface area contributed by atoms with E-state index in [-0.39, 0.29) is 0 Å². The number of nitrogens with one attached hydrogen (secondary N) is 2. The van der Waals surface area contributed by atoms with Crippen LogP contribution in [0.5, 0.6) is 0 Å². The lowest BCUT2D eigenvalue weighted by atomic mass is 10.2. The van der Waals surface area contributed by atoms with Gasteiger partial charge in [0.1, 0.15) is 5.76 Å². The van der Waals surface area contributed by atoms with Gasteiger partial charge in [-0.2, -0.15) is 0 Å². The predicted molar refractivity (Wildman–Crippen MR) is 72.0 cm³/mol. The Morgan fingerprint density at radius 3 is 2.33 bits per heavy atom. The quantitative estimate of drug-likeness (QED) is 0.821. The summed E-state index contributed by atoms with van der Waals surface area (Å²) in [6, 6.07) is 8.51. The molecule has 0 radical (unpaired) electrons. The van der Waals surface area contributed by atoms with Crippen molar-refractivity contribution in [1.82, 2.24) is 10.9 Å². The van der Waals surface area contributed by atoms with Crippen molar-refractivity contribution < 1.29 is 4.84 Å². The number of hydrazine groups is 1. The molecule has 0 bridgehead atoms. The van der Waals surface area contributed by atoms with E-state index in [1.807, 2.05) is 18.1 Å². The number of hydrogen-bond donors (Lipinski definition) is 2. The first-order valence-electron chi connectivity index (χ1n) is 6.29. The molecule has 5 heteroatoms. The van der Waals surface area contributed by atoms with Gasteiger partial charge in [-0.25, -0.2) is 5.01 Å². The summed E-state index contributed by atoms with van der Waals surface area (Å²) in [7, 11) is 0. The standard InChI is InChI=1S/C13H18N4O/c1-11-10-17(15-18-11)13-4-2-12(3-5-13)16-8-6-14-7-9-16/h2-5,10,14-15H,6-9H2,1H3. The Kier molecular flexibility index (Phi) is 3.08. The number of anilines is 2. The molecular weight excluding hydrogens is 228 g/mol. The van der Waals surface area contributed by atoms with Gasteiger partial charge in [0.05, 0.1) is 11.9 Å². The lowest BCUT2D eigenvalue weighted by Gasteiger charge is -2.29. The second kappa shape index (κ2) is 4.88. The van der Waals surface area contributed by atoms with Crippen LogP contribution in [0.15, 0.2) is 36.2 Å². The van der Waals surface area contributed by atoms with Gasteiger partial charge in [0, 0.05) is 31.9 Å². The van der Waals surface area contributed by atoms with E-state index in [1.54, 1.807) is 0 Å². The van der Waals surface area contributed by atoms with Gasteiger partial charge in [0.25, 0.3) is 0 Å². The SMILES string of the molecule is CC1=CN(c2ccc(N3CCNCC3)cc2)NO1. The molecule has 1 aromatic carbocycles. The summed E-state index contributed by atoms with van der Waals surface area (Å²) in [6.07, 6.45) is 1.93. The van der Waals surface area contributed by atoms with E-state index in [2.05, 4.69) is 40.1 Å². The molecule has 0 aromatic heterocycles. The molecule has 0 unspecified atom stereocenters. The van der Waals surface area contributed by atoms with Crippen molar-refractivity contribution in [2.75, 3.05) is 36.1 Å². The van der Waals surface area contributed by atoms with Crippen LogP contribution in [0.2, 0.25) is 0 Å². The fraction of sp³-hybridized carbons (Fsp3) is 0.385. The van der Waals surface area contributed by atoms with Crippen molar-refractivity contribution in [2.45, 2.75) is 6.92 Å². The highest BCUT2D eigenvalue weighted by Crippen LogP contribution is 2.22. The van der Waals surface area contributed by atoms with Crippen molar-refractivity contribution >= 4 is 11.4 Å². The van der Waals surface area contributed by atoms with Gasteiger partial charge in [-0.3, -0.25) is 0 Å². The summed E-state index contributed by atoms with van der Waals surface area (Å²) >= 11 is 0. The van der Waals surface area contributed by atoms with Crippen LogP contribution >= 0.6 is 0 Å². The first kappa shape index (κ1) is 11.4. The fourth-order valence-electron chi connectivity index (χ4n) is 2.23. The highest BCUT2D eigenvalue weighted by atomic mass is 16.7. The first-order valence-corrected chi connectivity index (χ1v) is 6.29. The first-order chi connectivity index (χ1) is 8.83. The maximum Gasteiger partial charge on any atom is 0.141 e. The Labute approximate surface area is 107 Å². The van der Waals surface area contributed by atoms with Crippen LogP contribution in [0.1, 0.15) is 6.92 Å². The smallest absolute Gasteiger partial charge is 0.141 e. The van der Waals surface area contributed by atoms with Gasteiger partial charge < -0.3 is 15.1 Å². The molecule has 1 fully saturated rings. The van der Waals surface area contributed by atoms with Crippen LogP contribution in [0.3, 0.4) is 0 Å². The zero-order valence-electron chi connectivity index (χ0n) is 10.5. The molecule has 2 heterocycles. The number of piperazine rings is 1. The summed E-state index contributed by atoms with van der Waals surface area (Å²) in [6.45, 7) is 6.19. The zero-order valence-corrected chi connectivity index (χ0v) is 10.5. The molecule has 1 saturated heterocycles. The van der Waals surface area contributed by atoms with Crippen molar-refractivity contribution in [2.24, 2.45) is 0 Å². The minimum atomic E-state index is 0.862. The lowest BCUT2D eigenvalue weighted by Crippen LogP contribution is -2.43. The molecule has 96 valence electrons. The van der Waals surface area contributed by atoms with E-state index < -0.39 is 0 Å². The average molecular weight is 246 g/mol. The van der Waals surface area contributed by atoms with Crippen LogP contribution in [0, 0.1) is 0 Å². The Balaban J connectivity index is 1.72. The summed E-state index contributed by atoms with van der Waals surface area (Å²) in [5.41, 5.74) is 5.19. The van der Waals surface area contributed by atoms with E-state index in [4.69, 9.17) is 4.84 Å². The van der Waals surface area contributed by atoms with Crippen LogP contribution in [0.25, 0.3) is 0 Å². The Bertz CT molecular complexity index is 437. The molecule has 18 heavy (non-hydrogen) atoms. The van der Waals surface area contributed by atoms with E-state index in [9.17, 15) is 0 Å². The van der Waals surface area contributed by atoms with E-state index in [0.717, 1.165) is 37.6 Å². The number of hydrogen-bond acceptors (Lipinski definition) is 5. The predicted octanol–water partition coefficient (Wildman–Crippen LogP) is 1.21. The van der Waals surface area contributed by atoms with Crippen molar-refractivity contribution in [1.29, 1.82) is 0 Å². The van der Waals surface area contributed by atoms with Crippen LogP contribution in [-0.4, -0.2) is 26.2 Å². The molecular formula is C13H18N4O.